The minimum absolute atomic E-state index is 0.105. The zero-order valence-electron chi connectivity index (χ0n) is 16.7. The number of carboxylic acids is 1. The predicted molar refractivity (Wildman–Crippen MR) is 98.5 cm³/mol. The average molecular weight is 430 g/mol. The molecular weight excluding hydrogens is 405 g/mol. The Bertz CT molecular complexity index is 784. The molecule has 2 saturated heterocycles. The van der Waals surface area contributed by atoms with Gasteiger partial charge in [-0.15, -0.1) is 0 Å². The van der Waals surface area contributed by atoms with Crippen molar-refractivity contribution in [2.75, 3.05) is 19.7 Å². The first kappa shape index (κ1) is 22.5. The number of likely N-dealkylation sites (tertiary alicyclic amines) is 1. The highest BCUT2D eigenvalue weighted by Gasteiger charge is 2.48. The Labute approximate surface area is 172 Å². The molecule has 10 heteroatoms. The van der Waals surface area contributed by atoms with Gasteiger partial charge in [0.2, 0.25) is 5.91 Å². The molecule has 1 aromatic rings. The summed E-state index contributed by atoms with van der Waals surface area (Å²) in [5, 5.41) is 7.12. The van der Waals surface area contributed by atoms with E-state index in [-0.39, 0.29) is 11.7 Å². The van der Waals surface area contributed by atoms with E-state index in [9.17, 15) is 18.0 Å². The number of aliphatic carboxylic acids is 1. The predicted octanol–water partition coefficient (Wildman–Crippen LogP) is 2.71. The molecule has 0 unspecified atom stereocenters. The molecule has 1 N–H and O–H groups in total. The van der Waals surface area contributed by atoms with Crippen molar-refractivity contribution in [3.05, 3.63) is 29.6 Å². The molecule has 0 radical (unpaired) electrons. The summed E-state index contributed by atoms with van der Waals surface area (Å²) in [6.07, 6.45) is -1.02. The van der Waals surface area contributed by atoms with E-state index in [2.05, 4.69) is 4.98 Å². The van der Waals surface area contributed by atoms with Gasteiger partial charge in [-0.05, 0) is 38.3 Å². The van der Waals surface area contributed by atoms with Crippen LogP contribution in [0.4, 0.5) is 13.2 Å². The minimum atomic E-state index is -5.08. The van der Waals surface area contributed by atoms with E-state index in [0.717, 1.165) is 50.2 Å². The van der Waals surface area contributed by atoms with Gasteiger partial charge in [-0.25, -0.2) is 4.79 Å². The third kappa shape index (κ3) is 5.91. The third-order valence-electron chi connectivity index (χ3n) is 5.39. The van der Waals surface area contributed by atoms with Crippen molar-refractivity contribution >= 4 is 11.9 Å². The number of alkyl halides is 3. The Morgan fingerprint density at radius 2 is 2.07 bits per heavy atom. The lowest BCUT2D eigenvalue weighted by atomic mass is 9.98. The van der Waals surface area contributed by atoms with E-state index in [1.165, 1.54) is 0 Å². The highest BCUT2D eigenvalue weighted by atomic mass is 19.4. The number of nitrogens with zero attached hydrogens (tertiary/aromatic N) is 2. The maximum absolute atomic E-state index is 12.2. The monoisotopic (exact) mass is 430 g/mol. The molecule has 1 aromatic heterocycles. The van der Waals surface area contributed by atoms with Gasteiger partial charge in [0.15, 0.2) is 0 Å². The fourth-order valence-corrected chi connectivity index (χ4v) is 3.70. The second kappa shape index (κ2) is 8.89. The number of rotatable bonds is 4. The Morgan fingerprint density at radius 1 is 1.37 bits per heavy atom. The zero-order valence-corrected chi connectivity index (χ0v) is 16.7. The van der Waals surface area contributed by atoms with Gasteiger partial charge in [0.1, 0.15) is 0 Å². The number of carbonyl (C=O) groups excluding carboxylic acids is 1. The average Bonchev–Trinajstić information content (AvgIpc) is 3.33. The summed E-state index contributed by atoms with van der Waals surface area (Å²) in [5.41, 5.74) is 1.80. The maximum atomic E-state index is 12.2. The van der Waals surface area contributed by atoms with Gasteiger partial charge >= 0.3 is 12.1 Å². The van der Waals surface area contributed by atoms with Crippen molar-refractivity contribution in [3.63, 3.8) is 0 Å². The van der Waals surface area contributed by atoms with Gasteiger partial charge in [-0.1, -0.05) is 6.07 Å². The SMILES string of the molecule is Cc1cccc(CO[C@@H]2CO[C@@]3(CCN(C(=O)C4CC4)C3)C2)n1.O=C(O)C(F)(F)F. The van der Waals surface area contributed by atoms with Crippen molar-refractivity contribution in [3.8, 4) is 0 Å². The summed E-state index contributed by atoms with van der Waals surface area (Å²) in [5.74, 6) is -2.13. The lowest BCUT2D eigenvalue weighted by Gasteiger charge is -2.23. The van der Waals surface area contributed by atoms with Crippen LogP contribution in [0, 0.1) is 12.8 Å². The highest BCUT2D eigenvalue weighted by molar-refractivity contribution is 5.81. The Balaban J connectivity index is 0.000000318. The number of aromatic nitrogens is 1. The molecule has 1 aliphatic carbocycles. The van der Waals surface area contributed by atoms with Crippen LogP contribution >= 0.6 is 0 Å². The molecule has 4 rings (SSSR count). The number of carboxylic acid groups (broad SMARTS) is 1. The molecule has 3 heterocycles. The van der Waals surface area contributed by atoms with E-state index in [0.29, 0.717) is 25.0 Å². The van der Waals surface area contributed by atoms with Crippen LogP contribution in [0.25, 0.3) is 0 Å². The zero-order chi connectivity index (χ0) is 21.9. The Hall–Kier alpha value is -2.20. The number of pyridine rings is 1. The summed E-state index contributed by atoms with van der Waals surface area (Å²) in [7, 11) is 0. The lowest BCUT2D eigenvalue weighted by Crippen LogP contribution is -2.36. The van der Waals surface area contributed by atoms with E-state index < -0.39 is 12.1 Å². The lowest BCUT2D eigenvalue weighted by molar-refractivity contribution is -0.192. The minimum Gasteiger partial charge on any atom is -0.475 e. The first-order valence-corrected chi connectivity index (χ1v) is 9.85. The summed E-state index contributed by atoms with van der Waals surface area (Å²) >= 11 is 0. The van der Waals surface area contributed by atoms with Gasteiger partial charge in [0, 0.05) is 31.1 Å². The smallest absolute Gasteiger partial charge is 0.475 e. The summed E-state index contributed by atoms with van der Waals surface area (Å²) in [6.45, 7) is 4.71. The van der Waals surface area contributed by atoms with E-state index >= 15 is 0 Å². The Morgan fingerprint density at radius 3 is 2.67 bits per heavy atom. The standard InChI is InChI=1S/C18H24N2O3.C2HF3O2/c1-13-3-2-4-15(19-13)10-22-16-9-18(23-11-16)7-8-20(12-18)17(21)14-5-6-14;3-2(4,5)1(6)7/h2-4,14,16H,5-12H2,1H3;(H,6,7)/t16-,18-;/m0./s1. The normalized spacial score (nSPS) is 25.9. The summed E-state index contributed by atoms with van der Waals surface area (Å²) in [6, 6.07) is 5.98. The fourth-order valence-electron chi connectivity index (χ4n) is 3.70. The molecule has 0 bridgehead atoms. The first-order chi connectivity index (χ1) is 14.1. The molecule has 2 aliphatic heterocycles. The molecule has 2 atom stereocenters. The van der Waals surface area contributed by atoms with Gasteiger partial charge in [0.05, 0.1) is 30.6 Å². The van der Waals surface area contributed by atoms with Gasteiger partial charge in [-0.2, -0.15) is 13.2 Å². The van der Waals surface area contributed by atoms with Crippen LogP contribution in [0.3, 0.4) is 0 Å². The number of ether oxygens (including phenoxy) is 2. The quantitative estimate of drug-likeness (QED) is 0.790. The molecule has 7 nitrogen and oxygen atoms in total. The number of amides is 1. The van der Waals surface area contributed by atoms with Crippen molar-refractivity contribution in [2.45, 2.75) is 57.1 Å². The van der Waals surface area contributed by atoms with E-state index in [4.69, 9.17) is 19.4 Å². The van der Waals surface area contributed by atoms with Crippen LogP contribution in [0.15, 0.2) is 18.2 Å². The van der Waals surface area contributed by atoms with Crippen molar-refractivity contribution in [1.82, 2.24) is 9.88 Å². The molecule has 3 fully saturated rings. The first-order valence-electron chi connectivity index (χ1n) is 9.85. The molecular formula is C20H25F3N2O5. The van der Waals surface area contributed by atoms with Crippen molar-refractivity contribution in [2.24, 2.45) is 5.92 Å². The number of halogens is 3. The van der Waals surface area contributed by atoms with Gasteiger partial charge in [0.25, 0.3) is 0 Å². The van der Waals surface area contributed by atoms with Crippen LogP contribution < -0.4 is 0 Å². The maximum Gasteiger partial charge on any atom is 0.490 e. The second-order valence-corrected chi connectivity index (χ2v) is 7.99. The molecule has 3 aliphatic rings. The van der Waals surface area contributed by atoms with Crippen LogP contribution in [0.5, 0.6) is 0 Å². The molecule has 30 heavy (non-hydrogen) atoms. The van der Waals surface area contributed by atoms with Crippen LogP contribution in [-0.4, -0.2) is 64.4 Å². The third-order valence-corrected chi connectivity index (χ3v) is 5.39. The fraction of sp³-hybridized carbons (Fsp3) is 0.650. The highest BCUT2D eigenvalue weighted by Crippen LogP contribution is 2.39. The van der Waals surface area contributed by atoms with Crippen LogP contribution in [0.2, 0.25) is 0 Å². The van der Waals surface area contributed by atoms with Crippen LogP contribution in [0.1, 0.15) is 37.1 Å². The van der Waals surface area contributed by atoms with E-state index in [1.54, 1.807) is 0 Å². The molecule has 1 spiro atoms. The summed E-state index contributed by atoms with van der Waals surface area (Å²) < 4.78 is 43.8. The van der Waals surface area contributed by atoms with E-state index in [1.807, 2.05) is 30.0 Å². The summed E-state index contributed by atoms with van der Waals surface area (Å²) in [4.78, 5) is 27.6. The van der Waals surface area contributed by atoms with Crippen LogP contribution in [-0.2, 0) is 25.7 Å². The molecule has 1 saturated carbocycles. The van der Waals surface area contributed by atoms with Gasteiger partial charge in [-0.3, -0.25) is 9.78 Å². The number of hydrogen-bond donors (Lipinski definition) is 1. The second-order valence-electron chi connectivity index (χ2n) is 7.99. The number of aryl methyl sites for hydroxylation is 1. The topological polar surface area (TPSA) is 89.0 Å². The Kier molecular flexibility index (Phi) is 6.66. The largest absolute Gasteiger partial charge is 0.490 e. The molecule has 166 valence electrons. The van der Waals surface area contributed by atoms with Crippen molar-refractivity contribution < 1.29 is 37.3 Å². The number of hydrogen-bond acceptors (Lipinski definition) is 5. The van der Waals surface area contributed by atoms with Gasteiger partial charge < -0.3 is 19.5 Å². The molecule has 1 amide bonds. The van der Waals surface area contributed by atoms with Crippen molar-refractivity contribution in [1.29, 1.82) is 0 Å². The molecule has 0 aromatic carbocycles. The number of carbonyl (C=O) groups is 2.